The van der Waals surface area contributed by atoms with Crippen LogP contribution in [-0.2, 0) is 7.05 Å². The molecule has 0 aliphatic heterocycles. The SMILES string of the molecule is Cn1nc(-c2cccnc2)c(-c2ccccc2)c1N. The molecule has 94 valence electrons. The van der Waals surface area contributed by atoms with Crippen molar-refractivity contribution in [1.82, 2.24) is 14.8 Å². The van der Waals surface area contributed by atoms with Gasteiger partial charge in [0.15, 0.2) is 0 Å². The molecule has 0 aliphatic rings. The van der Waals surface area contributed by atoms with Gasteiger partial charge in [-0.1, -0.05) is 30.3 Å². The van der Waals surface area contributed by atoms with E-state index in [2.05, 4.69) is 10.1 Å². The molecule has 0 saturated carbocycles. The fourth-order valence-corrected chi connectivity index (χ4v) is 2.13. The van der Waals surface area contributed by atoms with E-state index in [1.54, 1.807) is 17.1 Å². The Bertz CT molecular complexity index is 687. The molecule has 2 heterocycles. The zero-order chi connectivity index (χ0) is 13.2. The summed E-state index contributed by atoms with van der Waals surface area (Å²) in [6, 6.07) is 13.9. The predicted molar refractivity (Wildman–Crippen MR) is 76.3 cm³/mol. The van der Waals surface area contributed by atoms with Gasteiger partial charge in [0.2, 0.25) is 0 Å². The lowest BCUT2D eigenvalue weighted by atomic mass is 10.0. The van der Waals surface area contributed by atoms with Crippen molar-refractivity contribution in [2.24, 2.45) is 7.05 Å². The molecule has 19 heavy (non-hydrogen) atoms. The second kappa shape index (κ2) is 4.57. The average Bonchev–Trinajstić information content (AvgIpc) is 2.77. The van der Waals surface area contributed by atoms with Gasteiger partial charge in [-0.2, -0.15) is 5.10 Å². The smallest absolute Gasteiger partial charge is 0.129 e. The number of hydrogen-bond acceptors (Lipinski definition) is 3. The number of benzene rings is 1. The first-order valence-electron chi connectivity index (χ1n) is 6.05. The van der Waals surface area contributed by atoms with Crippen molar-refractivity contribution in [3.05, 3.63) is 54.9 Å². The van der Waals surface area contributed by atoms with Crippen LogP contribution in [0.5, 0.6) is 0 Å². The number of pyridine rings is 1. The lowest BCUT2D eigenvalue weighted by molar-refractivity contribution is 0.782. The van der Waals surface area contributed by atoms with E-state index in [1.165, 1.54) is 0 Å². The molecular weight excluding hydrogens is 236 g/mol. The largest absolute Gasteiger partial charge is 0.383 e. The van der Waals surface area contributed by atoms with Crippen LogP contribution in [-0.4, -0.2) is 14.8 Å². The molecule has 3 aromatic rings. The maximum absolute atomic E-state index is 6.15. The normalized spacial score (nSPS) is 10.6. The third-order valence-electron chi connectivity index (χ3n) is 3.09. The zero-order valence-electron chi connectivity index (χ0n) is 10.6. The molecule has 1 aromatic carbocycles. The van der Waals surface area contributed by atoms with Crippen molar-refractivity contribution in [3.8, 4) is 22.4 Å². The van der Waals surface area contributed by atoms with Crippen LogP contribution in [0, 0.1) is 0 Å². The molecule has 4 heteroatoms. The van der Waals surface area contributed by atoms with Crippen LogP contribution in [0.4, 0.5) is 5.82 Å². The summed E-state index contributed by atoms with van der Waals surface area (Å²) >= 11 is 0. The summed E-state index contributed by atoms with van der Waals surface area (Å²) in [7, 11) is 1.85. The molecular formula is C15H14N4. The first kappa shape index (κ1) is 11.5. The molecule has 2 aromatic heterocycles. The molecule has 0 spiro atoms. The maximum Gasteiger partial charge on any atom is 0.129 e. The topological polar surface area (TPSA) is 56.7 Å². The number of nitrogens with zero attached hydrogens (tertiary/aromatic N) is 3. The Labute approximate surface area is 111 Å². The second-order valence-electron chi connectivity index (χ2n) is 4.34. The summed E-state index contributed by atoms with van der Waals surface area (Å²) in [5.74, 6) is 0.657. The molecule has 0 atom stereocenters. The molecule has 3 rings (SSSR count). The Hall–Kier alpha value is -2.62. The summed E-state index contributed by atoms with van der Waals surface area (Å²) in [6.45, 7) is 0. The highest BCUT2D eigenvalue weighted by molar-refractivity contribution is 5.87. The highest BCUT2D eigenvalue weighted by Gasteiger charge is 2.16. The Morgan fingerprint density at radius 3 is 2.42 bits per heavy atom. The van der Waals surface area contributed by atoms with E-state index in [4.69, 9.17) is 5.73 Å². The lowest BCUT2D eigenvalue weighted by Crippen LogP contribution is -1.97. The lowest BCUT2D eigenvalue weighted by Gasteiger charge is -2.03. The first-order chi connectivity index (χ1) is 9.27. The molecule has 4 nitrogen and oxygen atoms in total. The van der Waals surface area contributed by atoms with Crippen molar-refractivity contribution in [3.63, 3.8) is 0 Å². The Balaban J connectivity index is 2.25. The Morgan fingerprint density at radius 2 is 1.74 bits per heavy atom. The van der Waals surface area contributed by atoms with Gasteiger partial charge in [-0.15, -0.1) is 0 Å². The summed E-state index contributed by atoms with van der Waals surface area (Å²) in [5.41, 5.74) is 10.00. The van der Waals surface area contributed by atoms with Gasteiger partial charge in [-0.05, 0) is 17.7 Å². The van der Waals surface area contributed by atoms with Crippen LogP contribution in [0.2, 0.25) is 0 Å². The van der Waals surface area contributed by atoms with Crippen molar-refractivity contribution < 1.29 is 0 Å². The van der Waals surface area contributed by atoms with Gasteiger partial charge in [0.25, 0.3) is 0 Å². The van der Waals surface area contributed by atoms with Gasteiger partial charge in [0.1, 0.15) is 11.5 Å². The first-order valence-corrected chi connectivity index (χ1v) is 6.05. The summed E-state index contributed by atoms with van der Waals surface area (Å²) in [6.07, 6.45) is 3.55. The summed E-state index contributed by atoms with van der Waals surface area (Å²) in [5, 5.41) is 4.51. The minimum absolute atomic E-state index is 0.657. The van der Waals surface area contributed by atoms with Gasteiger partial charge in [-0.25, -0.2) is 0 Å². The fraction of sp³-hybridized carbons (Fsp3) is 0.0667. The zero-order valence-corrected chi connectivity index (χ0v) is 10.6. The maximum atomic E-state index is 6.15. The molecule has 0 unspecified atom stereocenters. The van der Waals surface area contributed by atoms with Crippen LogP contribution < -0.4 is 5.73 Å². The third-order valence-corrected chi connectivity index (χ3v) is 3.09. The van der Waals surface area contributed by atoms with Gasteiger partial charge in [-0.3, -0.25) is 9.67 Å². The molecule has 0 amide bonds. The van der Waals surface area contributed by atoms with Crippen molar-refractivity contribution in [2.45, 2.75) is 0 Å². The minimum atomic E-state index is 0.657. The number of hydrogen-bond donors (Lipinski definition) is 1. The fourth-order valence-electron chi connectivity index (χ4n) is 2.13. The predicted octanol–water partition coefficient (Wildman–Crippen LogP) is 2.73. The van der Waals surface area contributed by atoms with Gasteiger partial charge >= 0.3 is 0 Å². The van der Waals surface area contributed by atoms with Gasteiger partial charge in [0.05, 0.1) is 5.56 Å². The number of anilines is 1. The van der Waals surface area contributed by atoms with Crippen LogP contribution >= 0.6 is 0 Å². The van der Waals surface area contributed by atoms with E-state index >= 15 is 0 Å². The Kier molecular flexibility index (Phi) is 2.76. The third kappa shape index (κ3) is 1.97. The average molecular weight is 250 g/mol. The monoisotopic (exact) mass is 250 g/mol. The van der Waals surface area contributed by atoms with Crippen LogP contribution in [0.3, 0.4) is 0 Å². The van der Waals surface area contributed by atoms with Crippen molar-refractivity contribution >= 4 is 5.82 Å². The van der Waals surface area contributed by atoms with E-state index in [-0.39, 0.29) is 0 Å². The van der Waals surface area contributed by atoms with E-state index in [1.807, 2.05) is 49.5 Å². The molecule has 0 fully saturated rings. The molecule has 0 aliphatic carbocycles. The number of rotatable bonds is 2. The molecule has 0 radical (unpaired) electrons. The molecule has 2 N–H and O–H groups in total. The Morgan fingerprint density at radius 1 is 1.00 bits per heavy atom. The highest BCUT2D eigenvalue weighted by Crippen LogP contribution is 2.35. The second-order valence-corrected chi connectivity index (χ2v) is 4.34. The van der Waals surface area contributed by atoms with Gasteiger partial charge < -0.3 is 5.73 Å². The van der Waals surface area contributed by atoms with Gasteiger partial charge in [0, 0.05) is 25.0 Å². The number of aromatic nitrogens is 3. The van der Waals surface area contributed by atoms with Crippen molar-refractivity contribution in [1.29, 1.82) is 0 Å². The van der Waals surface area contributed by atoms with Crippen LogP contribution in [0.1, 0.15) is 0 Å². The molecule has 0 saturated heterocycles. The van der Waals surface area contributed by atoms with Crippen LogP contribution in [0.25, 0.3) is 22.4 Å². The highest BCUT2D eigenvalue weighted by atomic mass is 15.3. The number of nitrogens with two attached hydrogens (primary N) is 1. The van der Waals surface area contributed by atoms with E-state index in [9.17, 15) is 0 Å². The van der Waals surface area contributed by atoms with Crippen LogP contribution in [0.15, 0.2) is 54.9 Å². The summed E-state index contributed by atoms with van der Waals surface area (Å²) < 4.78 is 1.70. The quantitative estimate of drug-likeness (QED) is 0.760. The number of aryl methyl sites for hydroxylation is 1. The molecule has 0 bridgehead atoms. The van der Waals surface area contributed by atoms with E-state index in [0.29, 0.717) is 5.82 Å². The van der Waals surface area contributed by atoms with E-state index < -0.39 is 0 Å². The van der Waals surface area contributed by atoms with E-state index in [0.717, 1.165) is 22.4 Å². The summed E-state index contributed by atoms with van der Waals surface area (Å²) in [4.78, 5) is 4.14. The number of nitrogen functional groups attached to an aromatic ring is 1. The minimum Gasteiger partial charge on any atom is -0.383 e. The standard InChI is InChI=1S/C15H14N4/c1-19-15(16)13(11-6-3-2-4-7-11)14(18-19)12-8-5-9-17-10-12/h2-10H,16H2,1H3. The van der Waals surface area contributed by atoms with Crippen molar-refractivity contribution in [2.75, 3.05) is 5.73 Å².